The fraction of sp³-hybridized carbons (Fsp3) is 0.233. The summed E-state index contributed by atoms with van der Waals surface area (Å²) >= 11 is 6.43. The third kappa shape index (κ3) is 7.31. The number of rotatable bonds is 10. The summed E-state index contributed by atoms with van der Waals surface area (Å²) < 4.78 is 16.7. The molecule has 1 fully saturated rings. The van der Waals surface area contributed by atoms with Gasteiger partial charge in [0.2, 0.25) is 5.95 Å². The molecule has 12 heteroatoms. The van der Waals surface area contributed by atoms with Crippen LogP contribution in [0.2, 0.25) is 5.02 Å². The Hall–Kier alpha value is -4.74. The monoisotopic (exact) mass is 589 g/mol. The quantitative estimate of drug-likeness (QED) is 0.182. The van der Waals surface area contributed by atoms with E-state index in [2.05, 4.69) is 36.1 Å². The van der Waals surface area contributed by atoms with Crippen LogP contribution in [0.1, 0.15) is 5.56 Å². The van der Waals surface area contributed by atoms with Gasteiger partial charge in [-0.3, -0.25) is 0 Å². The Morgan fingerprint density at radius 3 is 2.45 bits per heavy atom. The second-order valence-electron chi connectivity index (χ2n) is 9.33. The lowest BCUT2D eigenvalue weighted by Gasteiger charge is -2.30. The number of carbonyl (C=O) groups excluding carboxylic acids is 1. The number of hydrogen-bond donors (Lipinski definition) is 4. The summed E-state index contributed by atoms with van der Waals surface area (Å²) in [6, 6.07) is 20.4. The van der Waals surface area contributed by atoms with Crippen molar-refractivity contribution in [1.82, 2.24) is 15.3 Å². The molecule has 0 saturated carbocycles. The first kappa shape index (κ1) is 28.8. The minimum absolute atomic E-state index is 0.304. The molecule has 2 heterocycles. The van der Waals surface area contributed by atoms with Crippen molar-refractivity contribution in [2.75, 3.05) is 61.4 Å². The molecule has 1 aliphatic heterocycles. The first-order valence-corrected chi connectivity index (χ1v) is 13.7. The average molecular weight is 590 g/mol. The first-order valence-electron chi connectivity index (χ1n) is 13.4. The summed E-state index contributed by atoms with van der Waals surface area (Å²) in [5.41, 5.74) is 3.94. The van der Waals surface area contributed by atoms with Crippen LogP contribution in [-0.4, -0.2) is 56.5 Å². The predicted octanol–water partition coefficient (Wildman–Crippen LogP) is 5.79. The zero-order valence-corrected chi connectivity index (χ0v) is 24.1. The molecule has 5 rings (SSSR count). The molecule has 0 radical (unpaired) electrons. The summed E-state index contributed by atoms with van der Waals surface area (Å²) in [4.78, 5) is 23.5. The smallest absolute Gasteiger partial charge is 0.319 e. The lowest BCUT2D eigenvalue weighted by Crippen LogP contribution is -2.36. The molecule has 0 aliphatic carbocycles. The lowest BCUT2D eigenvalue weighted by atomic mass is 10.2. The molecule has 1 aromatic heterocycles. The number of morpholine rings is 1. The maximum absolute atomic E-state index is 12.4. The van der Waals surface area contributed by atoms with Crippen molar-refractivity contribution in [1.29, 1.82) is 0 Å². The minimum Gasteiger partial charge on any atom is -0.495 e. The number of benzene rings is 3. The van der Waals surface area contributed by atoms with Gasteiger partial charge in [-0.2, -0.15) is 4.98 Å². The van der Waals surface area contributed by atoms with Gasteiger partial charge in [0, 0.05) is 43.1 Å². The van der Waals surface area contributed by atoms with Crippen molar-refractivity contribution >= 4 is 52.1 Å². The van der Waals surface area contributed by atoms with E-state index < -0.39 is 0 Å². The molecule has 42 heavy (non-hydrogen) atoms. The van der Waals surface area contributed by atoms with Crippen LogP contribution in [0.3, 0.4) is 0 Å². The van der Waals surface area contributed by atoms with Crippen molar-refractivity contribution in [3.8, 4) is 11.5 Å². The molecule has 4 aromatic rings. The summed E-state index contributed by atoms with van der Waals surface area (Å²) in [5, 5.41) is 12.4. The maximum atomic E-state index is 12.4. The highest BCUT2D eigenvalue weighted by Crippen LogP contribution is 2.35. The highest BCUT2D eigenvalue weighted by Gasteiger charge is 2.17. The molecule has 0 atom stereocenters. The predicted molar refractivity (Wildman–Crippen MR) is 165 cm³/mol. The largest absolute Gasteiger partial charge is 0.495 e. The fourth-order valence-corrected chi connectivity index (χ4v) is 4.56. The summed E-state index contributed by atoms with van der Waals surface area (Å²) in [6.45, 7) is 3.39. The molecular formula is C30H32ClN7O4. The minimum atomic E-state index is -0.326. The molecule has 3 aromatic carbocycles. The molecule has 0 bridgehead atoms. The molecular weight excluding hydrogens is 558 g/mol. The van der Waals surface area contributed by atoms with Gasteiger partial charge in [-0.25, -0.2) is 9.78 Å². The number of nitrogens with zero attached hydrogens (tertiary/aromatic N) is 3. The van der Waals surface area contributed by atoms with E-state index in [-0.39, 0.29) is 6.03 Å². The van der Waals surface area contributed by atoms with Crippen LogP contribution >= 0.6 is 11.6 Å². The van der Waals surface area contributed by atoms with Gasteiger partial charge in [0.25, 0.3) is 0 Å². The molecule has 11 nitrogen and oxygen atoms in total. The number of anilines is 6. The van der Waals surface area contributed by atoms with E-state index in [0.29, 0.717) is 53.7 Å². The molecule has 218 valence electrons. The Kier molecular flexibility index (Phi) is 9.42. The Labute approximate surface area is 249 Å². The third-order valence-corrected chi connectivity index (χ3v) is 6.82. The number of amides is 2. The maximum Gasteiger partial charge on any atom is 0.319 e. The van der Waals surface area contributed by atoms with E-state index >= 15 is 0 Å². The average Bonchev–Trinajstić information content (AvgIpc) is 3.03. The van der Waals surface area contributed by atoms with Crippen molar-refractivity contribution in [2.24, 2.45) is 0 Å². The topological polar surface area (TPSA) is 122 Å². The number of urea groups is 1. The highest BCUT2D eigenvalue weighted by molar-refractivity contribution is 6.32. The molecule has 1 saturated heterocycles. The van der Waals surface area contributed by atoms with Gasteiger partial charge >= 0.3 is 6.03 Å². The van der Waals surface area contributed by atoms with Crippen molar-refractivity contribution < 1.29 is 19.0 Å². The molecule has 0 unspecified atom stereocenters. The second kappa shape index (κ2) is 13.7. The SMILES string of the molecule is COc1cc(NC(=O)NCc2ccccc2)ccc1Nc1ncc(Cl)c(Nc2ccc(N3CCOCC3)c(OC)c2)n1. The molecule has 2 amide bonds. The van der Waals surface area contributed by atoms with Crippen LogP contribution in [-0.2, 0) is 11.3 Å². The van der Waals surface area contributed by atoms with Crippen molar-refractivity contribution in [2.45, 2.75) is 6.54 Å². The van der Waals surface area contributed by atoms with Gasteiger partial charge in [0.05, 0.1) is 45.0 Å². The number of methoxy groups -OCH3 is 2. The second-order valence-corrected chi connectivity index (χ2v) is 9.74. The van der Waals surface area contributed by atoms with Gasteiger partial charge < -0.3 is 40.4 Å². The zero-order valence-electron chi connectivity index (χ0n) is 23.3. The van der Waals surface area contributed by atoms with E-state index in [1.54, 1.807) is 32.4 Å². The van der Waals surface area contributed by atoms with Crippen LogP contribution in [0.15, 0.2) is 72.9 Å². The third-order valence-electron chi connectivity index (χ3n) is 6.54. The molecule has 1 aliphatic rings. The van der Waals surface area contributed by atoms with Crippen molar-refractivity contribution in [3.63, 3.8) is 0 Å². The zero-order chi connectivity index (χ0) is 29.3. The van der Waals surface area contributed by atoms with Gasteiger partial charge in [0.1, 0.15) is 16.5 Å². The highest BCUT2D eigenvalue weighted by atomic mass is 35.5. The van der Waals surface area contributed by atoms with Crippen LogP contribution in [0, 0.1) is 0 Å². The molecule has 4 N–H and O–H groups in total. The van der Waals surface area contributed by atoms with Gasteiger partial charge in [0.15, 0.2) is 5.82 Å². The molecule has 0 spiro atoms. The van der Waals surface area contributed by atoms with Gasteiger partial charge in [-0.1, -0.05) is 41.9 Å². The van der Waals surface area contributed by atoms with E-state index in [1.165, 1.54) is 6.20 Å². The first-order chi connectivity index (χ1) is 20.5. The van der Waals surface area contributed by atoms with Crippen molar-refractivity contribution in [3.05, 3.63) is 83.5 Å². The Bertz CT molecular complexity index is 1520. The van der Waals surface area contributed by atoms with Gasteiger partial charge in [-0.05, 0) is 29.8 Å². The lowest BCUT2D eigenvalue weighted by molar-refractivity contribution is 0.122. The Morgan fingerprint density at radius 1 is 0.952 bits per heavy atom. The van der Waals surface area contributed by atoms with Crippen LogP contribution in [0.5, 0.6) is 11.5 Å². The fourth-order valence-electron chi connectivity index (χ4n) is 4.42. The summed E-state index contributed by atoms with van der Waals surface area (Å²) in [7, 11) is 3.19. The van der Waals surface area contributed by atoms with E-state index in [0.717, 1.165) is 35.8 Å². The van der Waals surface area contributed by atoms with E-state index in [1.807, 2.05) is 48.5 Å². The number of halogens is 1. The number of ether oxygens (including phenoxy) is 3. The number of carbonyl (C=O) groups is 1. The van der Waals surface area contributed by atoms with E-state index in [9.17, 15) is 4.79 Å². The summed E-state index contributed by atoms with van der Waals surface area (Å²) in [5.74, 6) is 1.95. The number of nitrogens with one attached hydrogen (secondary N) is 4. The van der Waals surface area contributed by atoms with Crippen LogP contribution in [0.4, 0.5) is 39.3 Å². The van der Waals surface area contributed by atoms with Gasteiger partial charge in [-0.15, -0.1) is 0 Å². The van der Waals surface area contributed by atoms with E-state index in [4.69, 9.17) is 25.8 Å². The Morgan fingerprint density at radius 2 is 1.69 bits per heavy atom. The Balaban J connectivity index is 1.25. The normalized spacial score (nSPS) is 12.8. The van der Waals surface area contributed by atoms with Crippen LogP contribution in [0.25, 0.3) is 0 Å². The number of hydrogen-bond acceptors (Lipinski definition) is 9. The van der Waals surface area contributed by atoms with Crippen LogP contribution < -0.4 is 35.6 Å². The standard InChI is InChI=1S/C30H32ClN7O4/c1-40-26-16-22(35-30(39)33-18-20-6-4-3-5-7-20)8-10-24(26)36-29-32-19-23(31)28(37-29)34-21-9-11-25(27(17-21)41-2)38-12-14-42-15-13-38/h3-11,16-17,19H,12-15,18H2,1-2H3,(H2,33,35,39)(H2,32,34,36,37). The number of aromatic nitrogens is 2. The summed E-state index contributed by atoms with van der Waals surface area (Å²) in [6.07, 6.45) is 1.51.